The summed E-state index contributed by atoms with van der Waals surface area (Å²) in [4.78, 5) is 11.8. The van der Waals surface area contributed by atoms with E-state index in [1.165, 1.54) is 12.5 Å². The van der Waals surface area contributed by atoms with Crippen molar-refractivity contribution in [2.45, 2.75) is 13.0 Å². The summed E-state index contributed by atoms with van der Waals surface area (Å²) in [6.07, 6.45) is 2.91. The van der Waals surface area contributed by atoms with Crippen molar-refractivity contribution in [3.63, 3.8) is 0 Å². The zero-order chi connectivity index (χ0) is 13.0. The highest BCUT2D eigenvalue weighted by Gasteiger charge is 2.12. The summed E-state index contributed by atoms with van der Waals surface area (Å²) < 4.78 is 9.97. The van der Waals surface area contributed by atoms with Crippen molar-refractivity contribution in [1.82, 2.24) is 5.32 Å². The number of benzene rings is 1. The fourth-order valence-corrected chi connectivity index (χ4v) is 1.65. The molecule has 0 saturated carbocycles. The fourth-order valence-electron chi connectivity index (χ4n) is 1.65. The molecule has 0 saturated heterocycles. The molecule has 1 aromatic carbocycles. The molecular formula is C14H15NO3. The first-order valence-corrected chi connectivity index (χ1v) is 5.67. The van der Waals surface area contributed by atoms with E-state index < -0.39 is 0 Å². The first-order valence-electron chi connectivity index (χ1n) is 5.67. The highest BCUT2D eigenvalue weighted by molar-refractivity contribution is 5.94. The lowest BCUT2D eigenvalue weighted by atomic mass is 10.1. The SMILES string of the molecule is COc1ccc(C(C)NC(=O)c2ccoc2)cc1. The number of hydrogen-bond donors (Lipinski definition) is 1. The molecule has 1 heterocycles. The zero-order valence-corrected chi connectivity index (χ0v) is 10.3. The Morgan fingerprint density at radius 2 is 2.00 bits per heavy atom. The highest BCUT2D eigenvalue weighted by atomic mass is 16.5. The second kappa shape index (κ2) is 5.40. The number of methoxy groups -OCH3 is 1. The molecular weight excluding hydrogens is 230 g/mol. The van der Waals surface area contributed by atoms with Crippen molar-refractivity contribution in [1.29, 1.82) is 0 Å². The van der Waals surface area contributed by atoms with Gasteiger partial charge < -0.3 is 14.5 Å². The van der Waals surface area contributed by atoms with E-state index in [-0.39, 0.29) is 11.9 Å². The highest BCUT2D eigenvalue weighted by Crippen LogP contribution is 2.17. The molecule has 0 aliphatic heterocycles. The molecule has 1 aromatic heterocycles. The molecule has 4 nitrogen and oxygen atoms in total. The van der Waals surface area contributed by atoms with Crippen LogP contribution in [0.5, 0.6) is 5.75 Å². The Morgan fingerprint density at radius 1 is 1.28 bits per heavy atom. The third kappa shape index (κ3) is 2.71. The maximum Gasteiger partial charge on any atom is 0.255 e. The number of carbonyl (C=O) groups is 1. The van der Waals surface area contributed by atoms with Crippen molar-refractivity contribution < 1.29 is 13.9 Å². The summed E-state index contributed by atoms with van der Waals surface area (Å²) in [5.41, 5.74) is 1.54. The van der Waals surface area contributed by atoms with Gasteiger partial charge in [-0.25, -0.2) is 0 Å². The van der Waals surface area contributed by atoms with Gasteiger partial charge in [-0.05, 0) is 30.7 Å². The van der Waals surface area contributed by atoms with Crippen LogP contribution in [-0.2, 0) is 0 Å². The molecule has 18 heavy (non-hydrogen) atoms. The first-order chi connectivity index (χ1) is 8.70. The molecule has 0 aliphatic rings. The standard InChI is InChI=1S/C14H15NO3/c1-10(11-3-5-13(17-2)6-4-11)15-14(16)12-7-8-18-9-12/h3-10H,1-2H3,(H,15,16). The lowest BCUT2D eigenvalue weighted by molar-refractivity contribution is 0.0939. The predicted octanol–water partition coefficient (Wildman–Crippen LogP) is 2.78. The molecule has 0 bridgehead atoms. The van der Waals surface area contributed by atoms with Crippen LogP contribution in [0.3, 0.4) is 0 Å². The Hall–Kier alpha value is -2.23. The van der Waals surface area contributed by atoms with E-state index in [1.807, 2.05) is 31.2 Å². The number of ether oxygens (including phenoxy) is 1. The number of furan rings is 1. The van der Waals surface area contributed by atoms with Crippen molar-refractivity contribution in [3.05, 3.63) is 54.0 Å². The van der Waals surface area contributed by atoms with E-state index in [9.17, 15) is 4.79 Å². The summed E-state index contributed by atoms with van der Waals surface area (Å²) in [6.45, 7) is 1.93. The maximum atomic E-state index is 11.8. The third-order valence-corrected chi connectivity index (χ3v) is 2.75. The van der Waals surface area contributed by atoms with Gasteiger partial charge in [0.1, 0.15) is 12.0 Å². The maximum absolute atomic E-state index is 11.8. The number of nitrogens with one attached hydrogen (secondary N) is 1. The molecule has 1 atom stereocenters. The molecule has 1 unspecified atom stereocenters. The fraction of sp³-hybridized carbons (Fsp3) is 0.214. The quantitative estimate of drug-likeness (QED) is 0.901. The van der Waals surface area contributed by atoms with Gasteiger partial charge in [0.15, 0.2) is 0 Å². The molecule has 0 spiro atoms. The zero-order valence-electron chi connectivity index (χ0n) is 10.3. The van der Waals surface area contributed by atoms with Crippen LogP contribution >= 0.6 is 0 Å². The molecule has 94 valence electrons. The smallest absolute Gasteiger partial charge is 0.255 e. The van der Waals surface area contributed by atoms with Gasteiger partial charge in [-0.15, -0.1) is 0 Å². The number of carbonyl (C=O) groups excluding carboxylic acids is 1. The van der Waals surface area contributed by atoms with Gasteiger partial charge in [0.25, 0.3) is 5.91 Å². The van der Waals surface area contributed by atoms with Crippen LogP contribution in [0.15, 0.2) is 47.3 Å². The van der Waals surface area contributed by atoms with E-state index in [4.69, 9.17) is 9.15 Å². The predicted molar refractivity (Wildman–Crippen MR) is 67.6 cm³/mol. The average molecular weight is 245 g/mol. The summed E-state index contributed by atoms with van der Waals surface area (Å²) in [5.74, 6) is 0.652. The Kier molecular flexibility index (Phi) is 3.67. The van der Waals surface area contributed by atoms with Crippen LogP contribution in [0.1, 0.15) is 28.9 Å². The van der Waals surface area contributed by atoms with Crippen molar-refractivity contribution in [3.8, 4) is 5.75 Å². The lowest BCUT2D eigenvalue weighted by Crippen LogP contribution is -2.26. The minimum atomic E-state index is -0.146. The summed E-state index contributed by atoms with van der Waals surface area (Å²) >= 11 is 0. The van der Waals surface area contributed by atoms with E-state index in [1.54, 1.807) is 13.2 Å². The van der Waals surface area contributed by atoms with Crippen LogP contribution < -0.4 is 10.1 Å². The van der Waals surface area contributed by atoms with Gasteiger partial charge in [0.05, 0.1) is 25.0 Å². The molecule has 4 heteroatoms. The molecule has 1 amide bonds. The van der Waals surface area contributed by atoms with Crippen molar-refractivity contribution in [2.75, 3.05) is 7.11 Å². The molecule has 0 fully saturated rings. The van der Waals surface area contributed by atoms with E-state index in [2.05, 4.69) is 5.32 Å². The van der Waals surface area contributed by atoms with Crippen molar-refractivity contribution >= 4 is 5.91 Å². The molecule has 0 aliphatic carbocycles. The van der Waals surface area contributed by atoms with Gasteiger partial charge in [0, 0.05) is 0 Å². The Bertz CT molecular complexity index is 502. The van der Waals surface area contributed by atoms with E-state index >= 15 is 0 Å². The largest absolute Gasteiger partial charge is 0.497 e. The van der Waals surface area contributed by atoms with E-state index in [0.717, 1.165) is 11.3 Å². The minimum Gasteiger partial charge on any atom is -0.497 e. The second-order valence-electron chi connectivity index (χ2n) is 3.98. The van der Waals surface area contributed by atoms with Crippen molar-refractivity contribution in [2.24, 2.45) is 0 Å². The third-order valence-electron chi connectivity index (χ3n) is 2.75. The normalized spacial score (nSPS) is 11.9. The monoisotopic (exact) mass is 245 g/mol. The number of hydrogen-bond acceptors (Lipinski definition) is 3. The Labute approximate surface area is 106 Å². The number of rotatable bonds is 4. The van der Waals surface area contributed by atoms with Crippen LogP contribution in [0.4, 0.5) is 0 Å². The molecule has 1 N–H and O–H groups in total. The lowest BCUT2D eigenvalue weighted by Gasteiger charge is -2.14. The summed E-state index contributed by atoms with van der Waals surface area (Å²) in [6, 6.07) is 9.17. The van der Waals surface area contributed by atoms with Gasteiger partial charge in [0.2, 0.25) is 0 Å². The second-order valence-corrected chi connectivity index (χ2v) is 3.98. The van der Waals surface area contributed by atoms with Crippen LogP contribution in [0.25, 0.3) is 0 Å². The van der Waals surface area contributed by atoms with Gasteiger partial charge >= 0.3 is 0 Å². The molecule has 2 rings (SSSR count). The molecule has 0 radical (unpaired) electrons. The minimum absolute atomic E-state index is 0.0710. The summed E-state index contributed by atoms with van der Waals surface area (Å²) in [7, 11) is 1.62. The van der Waals surface area contributed by atoms with Crippen LogP contribution in [0.2, 0.25) is 0 Å². The van der Waals surface area contributed by atoms with Crippen LogP contribution in [0, 0.1) is 0 Å². The Balaban J connectivity index is 2.02. The van der Waals surface area contributed by atoms with Crippen LogP contribution in [-0.4, -0.2) is 13.0 Å². The number of amides is 1. The molecule has 2 aromatic rings. The first kappa shape index (κ1) is 12.2. The topological polar surface area (TPSA) is 51.5 Å². The van der Waals surface area contributed by atoms with E-state index in [0.29, 0.717) is 5.56 Å². The summed E-state index contributed by atoms with van der Waals surface area (Å²) in [5, 5.41) is 2.90. The van der Waals surface area contributed by atoms with Gasteiger partial charge in [-0.1, -0.05) is 12.1 Å². The average Bonchev–Trinajstić information content (AvgIpc) is 2.92. The van der Waals surface area contributed by atoms with Gasteiger partial charge in [-0.3, -0.25) is 4.79 Å². The Morgan fingerprint density at radius 3 is 2.56 bits per heavy atom. The van der Waals surface area contributed by atoms with Gasteiger partial charge in [-0.2, -0.15) is 0 Å².